The fourth-order valence-electron chi connectivity index (χ4n) is 6.96. The van der Waals surface area contributed by atoms with Crippen LogP contribution in [0.15, 0.2) is 121 Å². The fourth-order valence-corrected chi connectivity index (χ4v) is 6.96. The Morgan fingerprint density at radius 1 is 0.607 bits per heavy atom. The van der Waals surface area contributed by atoms with Crippen LogP contribution in [0.3, 0.4) is 0 Å². The van der Waals surface area contributed by atoms with Gasteiger partial charge in [0, 0.05) is 20.3 Å². The van der Waals surface area contributed by atoms with Crippen LogP contribution < -0.4 is 10.6 Å². The topological polar surface area (TPSA) is 143 Å². The second-order valence-corrected chi connectivity index (χ2v) is 14.1. The van der Waals surface area contributed by atoms with E-state index in [-0.39, 0.29) is 38.9 Å². The molecule has 2 saturated heterocycles. The van der Waals surface area contributed by atoms with Gasteiger partial charge < -0.3 is 48.9 Å². The van der Waals surface area contributed by atoms with Gasteiger partial charge in [-0.1, -0.05) is 121 Å². The van der Waals surface area contributed by atoms with E-state index in [1.54, 1.807) is 0 Å². The third-order valence-corrected chi connectivity index (χ3v) is 9.61. The maximum atomic E-state index is 12.8. The van der Waals surface area contributed by atoms with E-state index in [9.17, 15) is 14.7 Å². The van der Waals surface area contributed by atoms with Crippen LogP contribution in [0.2, 0.25) is 0 Å². The van der Waals surface area contributed by atoms with Crippen LogP contribution in [-0.2, 0) is 69.2 Å². The molecule has 2 aliphatic rings. The van der Waals surface area contributed by atoms with E-state index in [0.717, 1.165) is 22.3 Å². The zero-order valence-electron chi connectivity index (χ0n) is 31.8. The summed E-state index contributed by atoms with van der Waals surface area (Å²) in [4.78, 5) is 25.3. The van der Waals surface area contributed by atoms with E-state index >= 15 is 0 Å². The van der Waals surface area contributed by atoms with E-state index in [1.807, 2.05) is 121 Å². The highest BCUT2D eigenvalue weighted by atomic mass is 16.7. The van der Waals surface area contributed by atoms with Crippen LogP contribution in [0.4, 0.5) is 0 Å². The summed E-state index contributed by atoms with van der Waals surface area (Å²) in [7, 11) is 0. The van der Waals surface area contributed by atoms with E-state index in [2.05, 4.69) is 10.6 Å². The molecule has 2 aliphatic heterocycles. The summed E-state index contributed by atoms with van der Waals surface area (Å²) in [6.45, 7) is 4.09. The van der Waals surface area contributed by atoms with Crippen molar-refractivity contribution < 1.29 is 47.9 Å². The first-order valence-corrected chi connectivity index (χ1v) is 19.1. The van der Waals surface area contributed by atoms with E-state index in [1.165, 1.54) is 13.8 Å². The molecular formula is C44H52N2O10. The molecule has 6 rings (SSSR count). The number of aliphatic hydroxyl groups is 1. The number of carbonyl (C=O) groups excluding carboxylic acids is 2. The number of carbonyl (C=O) groups is 2. The number of hydrogen-bond donors (Lipinski definition) is 3. The van der Waals surface area contributed by atoms with Gasteiger partial charge in [0.15, 0.2) is 12.6 Å². The van der Waals surface area contributed by atoms with Gasteiger partial charge in [0.1, 0.15) is 30.4 Å². The summed E-state index contributed by atoms with van der Waals surface area (Å²) in [5.74, 6) is -0.691. The second kappa shape index (κ2) is 21.1. The summed E-state index contributed by atoms with van der Waals surface area (Å²) in [6.07, 6.45) is -6.02. The van der Waals surface area contributed by atoms with Crippen LogP contribution in [-0.4, -0.2) is 85.3 Å². The van der Waals surface area contributed by atoms with Crippen molar-refractivity contribution in [3.63, 3.8) is 0 Å². The first-order chi connectivity index (χ1) is 27.3. The zero-order valence-corrected chi connectivity index (χ0v) is 31.8. The maximum Gasteiger partial charge on any atom is 0.217 e. The lowest BCUT2D eigenvalue weighted by atomic mass is 9.95. The SMILES string of the molecule is CC(=O)N[C@@H]1[C@@H](OCc2ccccc2)[C@H](O[C@@H]2O[C@H](COCc3ccccc3)C[C@H](OCc3ccccc3)[C@H]2NC(C)=O)[C@@H](COCc2ccccc2)O[C@H]1O. The number of nitrogens with one attached hydrogen (secondary N) is 2. The Kier molecular flexibility index (Phi) is 15.5. The Morgan fingerprint density at radius 2 is 1.07 bits per heavy atom. The average molecular weight is 769 g/mol. The van der Waals surface area contributed by atoms with Gasteiger partial charge in [0.25, 0.3) is 0 Å². The fraction of sp³-hybridized carbons (Fsp3) is 0.409. The van der Waals surface area contributed by atoms with Crippen molar-refractivity contribution in [2.75, 3.05) is 13.2 Å². The Hall–Kier alpha value is -4.50. The van der Waals surface area contributed by atoms with Gasteiger partial charge in [-0.05, 0) is 22.3 Å². The molecule has 0 saturated carbocycles. The van der Waals surface area contributed by atoms with Gasteiger partial charge in [0.2, 0.25) is 11.8 Å². The first-order valence-electron chi connectivity index (χ1n) is 19.1. The van der Waals surface area contributed by atoms with Crippen LogP contribution in [0.5, 0.6) is 0 Å². The summed E-state index contributed by atoms with van der Waals surface area (Å²) in [6, 6.07) is 37.1. The molecule has 12 nitrogen and oxygen atoms in total. The van der Waals surface area contributed by atoms with Gasteiger partial charge in [-0.2, -0.15) is 0 Å². The smallest absolute Gasteiger partial charge is 0.217 e. The van der Waals surface area contributed by atoms with Crippen molar-refractivity contribution in [3.05, 3.63) is 144 Å². The molecule has 0 aliphatic carbocycles. The molecule has 4 aromatic rings. The van der Waals surface area contributed by atoms with Crippen molar-refractivity contribution in [1.29, 1.82) is 0 Å². The molecular weight excluding hydrogens is 716 g/mol. The van der Waals surface area contributed by atoms with E-state index in [0.29, 0.717) is 13.0 Å². The lowest BCUT2D eigenvalue weighted by Gasteiger charge is -2.48. The van der Waals surface area contributed by atoms with Gasteiger partial charge in [-0.15, -0.1) is 0 Å². The molecule has 4 aromatic carbocycles. The minimum atomic E-state index is -1.45. The minimum Gasteiger partial charge on any atom is -0.374 e. The highest BCUT2D eigenvalue weighted by Crippen LogP contribution is 2.32. The Bertz CT molecular complexity index is 1750. The standard InChI is InChI=1S/C44H52N2O10/c1-30(47)45-39-37(52-26-34-19-11-5-12-20-34)23-36(28-50-24-32-15-7-3-8-16-32)54-44(39)56-41-38(29-51-25-33-17-9-4-10-18-33)55-43(49)40(46-31(2)48)42(41)53-27-35-21-13-6-14-22-35/h3-22,36-44,49H,23-29H2,1-2H3,(H,45,47)(H,46,48)/t36-,37-,38+,39+,40+,41+,42+,43+,44-/m0/s1. The molecule has 0 aromatic heterocycles. The number of benzene rings is 4. The molecule has 2 amide bonds. The highest BCUT2D eigenvalue weighted by Gasteiger charge is 2.51. The summed E-state index contributed by atoms with van der Waals surface area (Å²) < 4.78 is 45.2. The minimum absolute atomic E-state index is 0.00365. The largest absolute Gasteiger partial charge is 0.374 e. The Balaban J connectivity index is 1.30. The van der Waals surface area contributed by atoms with Crippen molar-refractivity contribution in [1.82, 2.24) is 10.6 Å². The normalized spacial score (nSPS) is 26.3. The quantitative estimate of drug-likeness (QED) is 0.129. The summed E-state index contributed by atoms with van der Waals surface area (Å²) >= 11 is 0. The molecule has 0 bridgehead atoms. The van der Waals surface area contributed by atoms with Crippen molar-refractivity contribution >= 4 is 11.8 Å². The number of aliphatic hydroxyl groups excluding tert-OH is 1. The highest BCUT2D eigenvalue weighted by molar-refractivity contribution is 5.73. The molecule has 56 heavy (non-hydrogen) atoms. The Morgan fingerprint density at radius 3 is 1.59 bits per heavy atom. The van der Waals surface area contributed by atoms with Crippen molar-refractivity contribution in [2.45, 2.75) is 102 Å². The van der Waals surface area contributed by atoms with Crippen LogP contribution in [0, 0.1) is 0 Å². The molecule has 0 spiro atoms. The van der Waals surface area contributed by atoms with Crippen LogP contribution in [0.1, 0.15) is 42.5 Å². The van der Waals surface area contributed by atoms with Gasteiger partial charge in [-0.25, -0.2) is 0 Å². The average Bonchev–Trinajstić information content (AvgIpc) is 3.20. The lowest BCUT2D eigenvalue weighted by Crippen LogP contribution is -2.68. The van der Waals surface area contributed by atoms with Crippen molar-refractivity contribution in [2.24, 2.45) is 0 Å². The zero-order chi connectivity index (χ0) is 39.1. The molecule has 3 N–H and O–H groups in total. The maximum absolute atomic E-state index is 12.8. The molecule has 0 unspecified atom stereocenters. The molecule has 2 heterocycles. The number of ether oxygens (including phenoxy) is 7. The summed E-state index contributed by atoms with van der Waals surface area (Å²) in [5.41, 5.74) is 3.81. The molecule has 12 heteroatoms. The summed E-state index contributed by atoms with van der Waals surface area (Å²) in [5, 5.41) is 17.2. The predicted molar refractivity (Wildman–Crippen MR) is 206 cm³/mol. The Labute approximate surface area is 328 Å². The van der Waals surface area contributed by atoms with Gasteiger partial charge in [-0.3, -0.25) is 9.59 Å². The molecule has 2 fully saturated rings. The van der Waals surface area contributed by atoms with Gasteiger partial charge in [0.05, 0.1) is 51.8 Å². The molecule has 298 valence electrons. The van der Waals surface area contributed by atoms with E-state index in [4.69, 9.17) is 33.2 Å². The molecule has 9 atom stereocenters. The van der Waals surface area contributed by atoms with E-state index < -0.39 is 61.1 Å². The van der Waals surface area contributed by atoms with Gasteiger partial charge >= 0.3 is 0 Å². The third-order valence-electron chi connectivity index (χ3n) is 9.61. The first kappa shape index (κ1) is 41.1. The number of hydrogen-bond acceptors (Lipinski definition) is 10. The lowest BCUT2D eigenvalue weighted by molar-refractivity contribution is -0.326. The van der Waals surface area contributed by atoms with Crippen molar-refractivity contribution in [3.8, 4) is 0 Å². The predicted octanol–water partition coefficient (Wildman–Crippen LogP) is 4.82. The molecule has 0 radical (unpaired) electrons. The number of rotatable bonds is 18. The number of amides is 2. The second-order valence-electron chi connectivity index (χ2n) is 14.1. The van der Waals surface area contributed by atoms with Crippen LogP contribution in [0.25, 0.3) is 0 Å². The van der Waals surface area contributed by atoms with Crippen LogP contribution >= 0.6 is 0 Å². The third kappa shape index (κ3) is 12.2. The monoisotopic (exact) mass is 768 g/mol.